The number of nitrogens with one attached hydrogen (secondary N) is 1. The van der Waals surface area contributed by atoms with Crippen LogP contribution in [0, 0.1) is 5.82 Å². The van der Waals surface area contributed by atoms with Gasteiger partial charge in [0, 0.05) is 18.3 Å². The van der Waals surface area contributed by atoms with E-state index in [4.69, 9.17) is 5.11 Å². The normalized spacial score (nSPS) is 10.6. The molecule has 2 amide bonds. The summed E-state index contributed by atoms with van der Waals surface area (Å²) in [5, 5.41) is 11.8. The Labute approximate surface area is 113 Å². The van der Waals surface area contributed by atoms with Crippen molar-refractivity contribution < 1.29 is 14.3 Å². The van der Waals surface area contributed by atoms with Crippen molar-refractivity contribution in [1.82, 2.24) is 4.90 Å². The summed E-state index contributed by atoms with van der Waals surface area (Å²) in [7, 11) is 0. The zero-order valence-electron chi connectivity index (χ0n) is 11.4. The van der Waals surface area contributed by atoms with Crippen LogP contribution in [0.3, 0.4) is 0 Å². The van der Waals surface area contributed by atoms with E-state index in [0.717, 1.165) is 12.8 Å². The van der Waals surface area contributed by atoms with Crippen LogP contribution in [0.5, 0.6) is 0 Å². The van der Waals surface area contributed by atoms with E-state index in [9.17, 15) is 9.18 Å². The molecule has 5 heteroatoms. The van der Waals surface area contributed by atoms with Gasteiger partial charge < -0.3 is 15.3 Å². The Hall–Kier alpha value is -1.62. The third kappa shape index (κ3) is 4.52. The van der Waals surface area contributed by atoms with Crippen LogP contribution in [0.2, 0.25) is 0 Å². The number of rotatable bonds is 6. The van der Waals surface area contributed by atoms with Crippen molar-refractivity contribution in [2.75, 3.05) is 18.5 Å². The van der Waals surface area contributed by atoms with Crippen LogP contribution in [0.15, 0.2) is 24.3 Å². The zero-order chi connectivity index (χ0) is 14.3. The lowest BCUT2D eigenvalue weighted by Crippen LogP contribution is -2.44. The van der Waals surface area contributed by atoms with Crippen LogP contribution in [0.25, 0.3) is 0 Å². The first-order valence-corrected chi connectivity index (χ1v) is 6.56. The van der Waals surface area contributed by atoms with Gasteiger partial charge in [-0.25, -0.2) is 9.18 Å². The first kappa shape index (κ1) is 15.4. The summed E-state index contributed by atoms with van der Waals surface area (Å²) in [5.41, 5.74) is 0.542. The van der Waals surface area contributed by atoms with Gasteiger partial charge in [-0.3, -0.25) is 0 Å². The fourth-order valence-electron chi connectivity index (χ4n) is 2.02. The molecule has 0 bridgehead atoms. The minimum Gasteiger partial charge on any atom is -0.395 e. The molecule has 1 rings (SSSR count). The number of anilines is 1. The molecule has 0 aliphatic heterocycles. The summed E-state index contributed by atoms with van der Waals surface area (Å²) >= 11 is 0. The van der Waals surface area contributed by atoms with Crippen LogP contribution in [-0.4, -0.2) is 35.2 Å². The fraction of sp³-hybridized carbons (Fsp3) is 0.500. The number of hydrogen-bond donors (Lipinski definition) is 2. The van der Waals surface area contributed by atoms with Crippen molar-refractivity contribution in [3.63, 3.8) is 0 Å². The highest BCUT2D eigenvalue weighted by Gasteiger charge is 2.20. The average molecular weight is 268 g/mol. The van der Waals surface area contributed by atoms with Gasteiger partial charge in [0.15, 0.2) is 0 Å². The molecule has 1 aromatic rings. The molecule has 0 fully saturated rings. The van der Waals surface area contributed by atoms with Crippen LogP contribution < -0.4 is 5.32 Å². The summed E-state index contributed by atoms with van der Waals surface area (Å²) in [6, 6.07) is 5.43. The van der Waals surface area contributed by atoms with Gasteiger partial charge in [0.1, 0.15) is 5.82 Å². The topological polar surface area (TPSA) is 52.6 Å². The van der Waals surface area contributed by atoms with Crippen molar-refractivity contribution in [1.29, 1.82) is 0 Å². The van der Waals surface area contributed by atoms with Gasteiger partial charge in [0.2, 0.25) is 0 Å². The monoisotopic (exact) mass is 268 g/mol. The minimum absolute atomic E-state index is 0.0761. The van der Waals surface area contributed by atoms with E-state index in [0.29, 0.717) is 12.2 Å². The number of benzene rings is 1. The molecule has 0 aliphatic carbocycles. The van der Waals surface area contributed by atoms with Crippen LogP contribution in [0.4, 0.5) is 14.9 Å². The molecule has 0 saturated carbocycles. The zero-order valence-corrected chi connectivity index (χ0v) is 11.4. The molecule has 19 heavy (non-hydrogen) atoms. The Morgan fingerprint density at radius 1 is 1.32 bits per heavy atom. The largest absolute Gasteiger partial charge is 0.395 e. The molecular formula is C14H21FN2O2. The number of carbonyl (C=O) groups excluding carboxylic acids is 1. The SMILES string of the molecule is CCC(CC)N(CCO)C(=O)Nc1ccc(F)cc1. The van der Waals surface area contributed by atoms with Gasteiger partial charge in [-0.05, 0) is 37.1 Å². The first-order chi connectivity index (χ1) is 9.12. The first-order valence-electron chi connectivity index (χ1n) is 6.56. The highest BCUT2D eigenvalue weighted by Crippen LogP contribution is 2.13. The number of urea groups is 1. The molecule has 0 aliphatic rings. The number of amides is 2. The number of hydrogen-bond acceptors (Lipinski definition) is 2. The molecule has 0 unspecified atom stereocenters. The van der Waals surface area contributed by atoms with Gasteiger partial charge in [-0.2, -0.15) is 0 Å². The molecule has 1 aromatic carbocycles. The highest BCUT2D eigenvalue weighted by atomic mass is 19.1. The van der Waals surface area contributed by atoms with Crippen LogP contribution in [0.1, 0.15) is 26.7 Å². The molecule has 0 atom stereocenters. The minimum atomic E-state index is -0.342. The second kappa shape index (κ2) is 7.74. The molecule has 4 nitrogen and oxygen atoms in total. The number of carbonyl (C=O) groups is 1. The molecular weight excluding hydrogens is 247 g/mol. The number of aliphatic hydroxyl groups is 1. The van der Waals surface area contributed by atoms with E-state index in [1.165, 1.54) is 24.3 Å². The van der Waals surface area contributed by atoms with Crippen LogP contribution in [-0.2, 0) is 0 Å². The summed E-state index contributed by atoms with van der Waals surface area (Å²) < 4.78 is 12.8. The summed E-state index contributed by atoms with van der Waals surface area (Å²) in [5.74, 6) is -0.342. The molecule has 0 heterocycles. The summed E-state index contributed by atoms with van der Waals surface area (Å²) in [6.45, 7) is 4.22. The molecule has 0 saturated heterocycles. The summed E-state index contributed by atoms with van der Waals surface area (Å²) in [6.07, 6.45) is 1.65. The maximum atomic E-state index is 12.8. The Balaban J connectivity index is 2.73. The van der Waals surface area contributed by atoms with Gasteiger partial charge in [-0.1, -0.05) is 13.8 Å². The van der Waals surface area contributed by atoms with E-state index in [1.807, 2.05) is 13.8 Å². The van der Waals surface area contributed by atoms with Crippen molar-refractivity contribution in [3.05, 3.63) is 30.1 Å². The molecule has 106 valence electrons. The van der Waals surface area contributed by atoms with Crippen molar-refractivity contribution >= 4 is 11.7 Å². The number of halogens is 1. The quantitative estimate of drug-likeness (QED) is 0.833. The second-order valence-electron chi connectivity index (χ2n) is 4.32. The second-order valence-corrected chi connectivity index (χ2v) is 4.32. The van der Waals surface area contributed by atoms with E-state index in [2.05, 4.69) is 5.32 Å². The van der Waals surface area contributed by atoms with Gasteiger partial charge in [-0.15, -0.1) is 0 Å². The maximum Gasteiger partial charge on any atom is 0.322 e. The van der Waals surface area contributed by atoms with E-state index in [-0.39, 0.29) is 24.5 Å². The molecule has 0 aromatic heterocycles. The van der Waals surface area contributed by atoms with Crippen molar-refractivity contribution in [3.8, 4) is 0 Å². The maximum absolute atomic E-state index is 12.8. The lowest BCUT2D eigenvalue weighted by Gasteiger charge is -2.30. The molecule has 2 N–H and O–H groups in total. The fourth-order valence-corrected chi connectivity index (χ4v) is 2.02. The third-order valence-corrected chi connectivity index (χ3v) is 3.08. The number of nitrogens with zero attached hydrogens (tertiary/aromatic N) is 1. The third-order valence-electron chi connectivity index (χ3n) is 3.08. The van der Waals surface area contributed by atoms with Crippen molar-refractivity contribution in [2.45, 2.75) is 32.7 Å². The Bertz CT molecular complexity index is 391. The van der Waals surface area contributed by atoms with Crippen LogP contribution >= 0.6 is 0 Å². The molecule has 0 radical (unpaired) electrons. The predicted molar refractivity (Wildman–Crippen MR) is 73.6 cm³/mol. The smallest absolute Gasteiger partial charge is 0.322 e. The lowest BCUT2D eigenvalue weighted by molar-refractivity contribution is 0.158. The van der Waals surface area contributed by atoms with Crippen molar-refractivity contribution in [2.24, 2.45) is 0 Å². The van der Waals surface area contributed by atoms with Gasteiger partial charge in [0.05, 0.1) is 6.61 Å². The standard InChI is InChI=1S/C14H21FN2O2/c1-3-13(4-2)17(9-10-18)14(19)16-12-7-5-11(15)6-8-12/h5-8,13,18H,3-4,9-10H2,1-2H3,(H,16,19). The van der Waals surface area contributed by atoms with E-state index < -0.39 is 0 Å². The Morgan fingerprint density at radius 3 is 2.37 bits per heavy atom. The Kier molecular flexibility index (Phi) is 6.29. The number of aliphatic hydroxyl groups excluding tert-OH is 1. The molecule has 0 spiro atoms. The highest BCUT2D eigenvalue weighted by molar-refractivity contribution is 5.89. The van der Waals surface area contributed by atoms with E-state index >= 15 is 0 Å². The van der Waals surface area contributed by atoms with E-state index in [1.54, 1.807) is 4.90 Å². The van der Waals surface area contributed by atoms with Gasteiger partial charge >= 0.3 is 6.03 Å². The Morgan fingerprint density at radius 2 is 1.89 bits per heavy atom. The average Bonchev–Trinajstić information content (AvgIpc) is 2.41. The predicted octanol–water partition coefficient (Wildman–Crippen LogP) is 2.84. The lowest BCUT2D eigenvalue weighted by atomic mass is 10.1. The summed E-state index contributed by atoms with van der Waals surface area (Å²) in [4.78, 5) is 13.8. The van der Waals surface area contributed by atoms with Gasteiger partial charge in [0.25, 0.3) is 0 Å².